The zero-order valence-corrected chi connectivity index (χ0v) is 13.5. The Kier molecular flexibility index (Phi) is 5.91. The van der Waals surface area contributed by atoms with Crippen molar-refractivity contribution in [1.82, 2.24) is 15.5 Å². The molecule has 1 aliphatic rings. The van der Waals surface area contributed by atoms with E-state index in [0.717, 1.165) is 4.47 Å². The van der Waals surface area contributed by atoms with Crippen LogP contribution in [0.1, 0.15) is 0 Å². The van der Waals surface area contributed by atoms with Crippen LogP contribution in [0.4, 0.5) is 5.69 Å². The number of carbonyl (C=O) groups is 3. The van der Waals surface area contributed by atoms with Gasteiger partial charge >= 0.3 is 0 Å². The maximum absolute atomic E-state index is 11.8. The third kappa shape index (κ3) is 5.12. The molecule has 0 aromatic heterocycles. The van der Waals surface area contributed by atoms with E-state index in [2.05, 4.69) is 31.9 Å². The van der Waals surface area contributed by atoms with Crippen LogP contribution in [0.5, 0.6) is 0 Å². The minimum Gasteiger partial charge on any atom is -0.354 e. The number of halogens is 1. The molecule has 7 nitrogen and oxygen atoms in total. The summed E-state index contributed by atoms with van der Waals surface area (Å²) in [5.41, 5.74) is 0.648. The van der Waals surface area contributed by atoms with Crippen molar-refractivity contribution in [3.8, 4) is 0 Å². The summed E-state index contributed by atoms with van der Waals surface area (Å²) in [7, 11) is 0. The van der Waals surface area contributed by atoms with Gasteiger partial charge in [-0.05, 0) is 28.1 Å². The number of benzene rings is 1. The number of rotatable bonds is 5. The molecule has 2 rings (SSSR count). The summed E-state index contributed by atoms with van der Waals surface area (Å²) in [4.78, 5) is 36.5. The van der Waals surface area contributed by atoms with E-state index in [1.807, 2.05) is 12.1 Å². The molecular weight excluding hydrogens is 352 g/mol. The average molecular weight is 369 g/mol. The van der Waals surface area contributed by atoms with E-state index in [4.69, 9.17) is 0 Å². The lowest BCUT2D eigenvalue weighted by Gasteiger charge is -2.25. The molecule has 118 valence electrons. The number of para-hydroxylation sites is 1. The van der Waals surface area contributed by atoms with E-state index in [-0.39, 0.29) is 37.4 Å². The summed E-state index contributed by atoms with van der Waals surface area (Å²) in [5.74, 6) is -0.681. The van der Waals surface area contributed by atoms with Crippen LogP contribution in [0.3, 0.4) is 0 Å². The summed E-state index contributed by atoms with van der Waals surface area (Å²) in [6, 6.07) is 7.22. The van der Waals surface area contributed by atoms with E-state index in [0.29, 0.717) is 18.8 Å². The van der Waals surface area contributed by atoms with Crippen molar-refractivity contribution in [2.24, 2.45) is 0 Å². The summed E-state index contributed by atoms with van der Waals surface area (Å²) in [6.07, 6.45) is 0. The minimum atomic E-state index is -0.309. The summed E-state index contributed by atoms with van der Waals surface area (Å²) < 4.78 is 0.772. The number of nitrogens with one attached hydrogen (secondary N) is 3. The molecule has 1 aromatic carbocycles. The number of hydrogen-bond acceptors (Lipinski definition) is 4. The number of nitrogens with zero attached hydrogens (tertiary/aromatic N) is 1. The van der Waals surface area contributed by atoms with Gasteiger partial charge in [-0.15, -0.1) is 0 Å². The third-order valence-corrected chi connectivity index (χ3v) is 3.77. The fourth-order valence-corrected chi connectivity index (χ4v) is 2.41. The molecule has 1 aromatic rings. The fraction of sp³-hybridized carbons (Fsp3) is 0.357. The van der Waals surface area contributed by atoms with Crippen molar-refractivity contribution in [3.05, 3.63) is 28.7 Å². The highest BCUT2D eigenvalue weighted by molar-refractivity contribution is 9.10. The molecule has 1 fully saturated rings. The van der Waals surface area contributed by atoms with Crippen LogP contribution < -0.4 is 16.0 Å². The van der Waals surface area contributed by atoms with E-state index >= 15 is 0 Å². The van der Waals surface area contributed by atoms with Crippen molar-refractivity contribution >= 4 is 39.3 Å². The molecule has 0 atom stereocenters. The van der Waals surface area contributed by atoms with Gasteiger partial charge in [0.25, 0.3) is 0 Å². The first kappa shape index (κ1) is 16.4. The van der Waals surface area contributed by atoms with Gasteiger partial charge in [-0.25, -0.2) is 0 Å². The Balaban J connectivity index is 1.73. The number of anilines is 1. The molecule has 1 saturated heterocycles. The van der Waals surface area contributed by atoms with Crippen LogP contribution in [-0.2, 0) is 14.4 Å². The highest BCUT2D eigenvalue weighted by Gasteiger charge is 2.18. The predicted molar refractivity (Wildman–Crippen MR) is 85.2 cm³/mol. The zero-order chi connectivity index (χ0) is 15.9. The molecule has 0 spiro atoms. The number of amides is 3. The van der Waals surface area contributed by atoms with Crippen LogP contribution in [-0.4, -0.2) is 55.3 Å². The standard InChI is InChI=1S/C14H17BrN4O3/c15-10-3-1-2-4-11(10)18-12(20)7-17-14(22)9-19-6-5-16-13(21)8-19/h1-4H,5-9H2,(H,16,21)(H,17,22)(H,18,20). The second-order valence-electron chi connectivity index (χ2n) is 4.87. The predicted octanol–water partition coefficient (Wildman–Crippen LogP) is -0.0644. The first-order valence-corrected chi connectivity index (χ1v) is 7.64. The minimum absolute atomic E-state index is 0.0919. The Hall–Kier alpha value is -1.93. The molecule has 0 bridgehead atoms. The molecule has 0 radical (unpaired) electrons. The lowest BCUT2D eigenvalue weighted by atomic mass is 10.3. The molecule has 8 heteroatoms. The topological polar surface area (TPSA) is 90.5 Å². The fourth-order valence-electron chi connectivity index (χ4n) is 2.02. The lowest BCUT2D eigenvalue weighted by Crippen LogP contribution is -2.51. The Morgan fingerprint density at radius 3 is 2.77 bits per heavy atom. The van der Waals surface area contributed by atoms with Crippen LogP contribution in [0.25, 0.3) is 0 Å². The van der Waals surface area contributed by atoms with Gasteiger partial charge < -0.3 is 16.0 Å². The number of carbonyl (C=O) groups excluding carboxylic acids is 3. The van der Waals surface area contributed by atoms with Crippen molar-refractivity contribution in [2.75, 3.05) is 38.0 Å². The van der Waals surface area contributed by atoms with Gasteiger partial charge in [0.05, 0.1) is 25.3 Å². The summed E-state index contributed by atoms with van der Waals surface area (Å²) >= 11 is 3.33. The first-order valence-electron chi connectivity index (χ1n) is 6.85. The molecule has 0 aliphatic carbocycles. The Morgan fingerprint density at radius 1 is 1.27 bits per heavy atom. The molecule has 3 amide bonds. The van der Waals surface area contributed by atoms with Crippen LogP contribution in [0.15, 0.2) is 28.7 Å². The van der Waals surface area contributed by atoms with E-state index in [9.17, 15) is 14.4 Å². The number of hydrogen-bond donors (Lipinski definition) is 3. The van der Waals surface area contributed by atoms with Crippen molar-refractivity contribution in [1.29, 1.82) is 0 Å². The second kappa shape index (κ2) is 7.90. The van der Waals surface area contributed by atoms with Gasteiger partial charge in [-0.1, -0.05) is 12.1 Å². The lowest BCUT2D eigenvalue weighted by molar-refractivity contribution is -0.128. The highest BCUT2D eigenvalue weighted by Crippen LogP contribution is 2.20. The second-order valence-corrected chi connectivity index (χ2v) is 5.72. The van der Waals surface area contributed by atoms with Gasteiger partial charge in [0.2, 0.25) is 17.7 Å². The van der Waals surface area contributed by atoms with Crippen molar-refractivity contribution in [2.45, 2.75) is 0 Å². The average Bonchev–Trinajstić information content (AvgIpc) is 2.48. The molecule has 3 N–H and O–H groups in total. The normalized spacial score (nSPS) is 15.0. The monoisotopic (exact) mass is 368 g/mol. The molecule has 1 heterocycles. The zero-order valence-electron chi connectivity index (χ0n) is 11.9. The van der Waals surface area contributed by atoms with Crippen LogP contribution in [0.2, 0.25) is 0 Å². The highest BCUT2D eigenvalue weighted by atomic mass is 79.9. The van der Waals surface area contributed by atoms with Crippen LogP contribution >= 0.6 is 15.9 Å². The number of piperazine rings is 1. The molecule has 1 aliphatic heterocycles. The summed E-state index contributed by atoms with van der Waals surface area (Å²) in [6.45, 7) is 1.36. The maximum Gasteiger partial charge on any atom is 0.243 e. The Labute approximate surface area is 136 Å². The molecule has 0 saturated carbocycles. The molecule has 0 unspecified atom stereocenters. The van der Waals surface area contributed by atoms with Gasteiger partial charge in [0.1, 0.15) is 0 Å². The van der Waals surface area contributed by atoms with Gasteiger partial charge in [0, 0.05) is 17.6 Å². The Morgan fingerprint density at radius 2 is 2.05 bits per heavy atom. The third-order valence-electron chi connectivity index (χ3n) is 3.08. The van der Waals surface area contributed by atoms with E-state index in [1.165, 1.54) is 0 Å². The van der Waals surface area contributed by atoms with Gasteiger partial charge in [-0.2, -0.15) is 0 Å². The van der Waals surface area contributed by atoms with Gasteiger partial charge in [-0.3, -0.25) is 19.3 Å². The van der Waals surface area contributed by atoms with Crippen LogP contribution in [0, 0.1) is 0 Å². The molecular formula is C14H17BrN4O3. The maximum atomic E-state index is 11.8. The van der Waals surface area contributed by atoms with Gasteiger partial charge in [0.15, 0.2) is 0 Å². The first-order chi connectivity index (χ1) is 10.5. The molecule has 22 heavy (non-hydrogen) atoms. The summed E-state index contributed by atoms with van der Waals surface area (Å²) in [5, 5.41) is 7.93. The van der Waals surface area contributed by atoms with E-state index in [1.54, 1.807) is 17.0 Å². The van der Waals surface area contributed by atoms with E-state index < -0.39 is 0 Å². The van der Waals surface area contributed by atoms with Crippen molar-refractivity contribution < 1.29 is 14.4 Å². The quantitative estimate of drug-likeness (QED) is 0.678. The Bertz CT molecular complexity index is 579. The largest absolute Gasteiger partial charge is 0.354 e. The smallest absolute Gasteiger partial charge is 0.243 e. The van der Waals surface area contributed by atoms with Crippen molar-refractivity contribution in [3.63, 3.8) is 0 Å². The SMILES string of the molecule is O=C1CN(CC(=O)NCC(=O)Nc2ccccc2Br)CCN1.